The van der Waals surface area contributed by atoms with E-state index in [1.807, 2.05) is 43.3 Å². The highest BCUT2D eigenvalue weighted by molar-refractivity contribution is 8.76. The van der Waals surface area contributed by atoms with Gasteiger partial charge in [-0.25, -0.2) is 0 Å². The predicted octanol–water partition coefficient (Wildman–Crippen LogP) is 6.01. The van der Waals surface area contributed by atoms with Gasteiger partial charge in [-0.3, -0.25) is 0 Å². The van der Waals surface area contributed by atoms with Gasteiger partial charge in [-0.05, 0) is 46.2 Å². The van der Waals surface area contributed by atoms with E-state index in [0.717, 1.165) is 22.8 Å². The predicted molar refractivity (Wildman–Crippen MR) is 97.2 cm³/mol. The molecule has 2 aromatic carbocycles. The molecule has 0 atom stereocenters. The summed E-state index contributed by atoms with van der Waals surface area (Å²) >= 11 is 0. The molecule has 3 aromatic rings. The van der Waals surface area contributed by atoms with Crippen molar-refractivity contribution in [1.29, 1.82) is 0 Å². The number of benzene rings is 2. The molecule has 0 fully saturated rings. The zero-order valence-electron chi connectivity index (χ0n) is 12.9. The Balaban J connectivity index is 1.52. The van der Waals surface area contributed by atoms with Crippen LogP contribution in [-0.2, 0) is 6.42 Å². The van der Waals surface area contributed by atoms with E-state index in [1.165, 1.54) is 10.5 Å². The fourth-order valence-electron chi connectivity index (χ4n) is 2.09. The highest BCUT2D eigenvalue weighted by Gasteiger charge is 2.12. The Morgan fingerprint density at radius 1 is 0.913 bits per heavy atom. The summed E-state index contributed by atoms with van der Waals surface area (Å²) in [5, 5.41) is 0.897. The molecule has 4 heteroatoms. The lowest BCUT2D eigenvalue weighted by atomic mass is 10.2. The quantitative estimate of drug-likeness (QED) is 0.490. The van der Waals surface area contributed by atoms with E-state index >= 15 is 0 Å². The van der Waals surface area contributed by atoms with Gasteiger partial charge in [0, 0.05) is 16.9 Å². The minimum absolute atomic E-state index is 0.653. The first kappa shape index (κ1) is 16.1. The molecule has 3 rings (SSSR count). The van der Waals surface area contributed by atoms with Gasteiger partial charge < -0.3 is 9.15 Å². The van der Waals surface area contributed by atoms with Crippen LogP contribution in [0.15, 0.2) is 81.3 Å². The SMILES string of the molecule is Cc1c(OCCc2ccccc2)coc1SSc1ccccc1. The largest absolute Gasteiger partial charge is 0.490 e. The summed E-state index contributed by atoms with van der Waals surface area (Å²) in [5.74, 6) is 0.831. The van der Waals surface area contributed by atoms with Crippen LogP contribution >= 0.6 is 21.6 Å². The molecule has 0 bridgehead atoms. The van der Waals surface area contributed by atoms with Crippen LogP contribution in [0.3, 0.4) is 0 Å². The van der Waals surface area contributed by atoms with Crippen LogP contribution in [0.2, 0.25) is 0 Å². The number of hydrogen-bond acceptors (Lipinski definition) is 4. The van der Waals surface area contributed by atoms with Gasteiger partial charge in [0.05, 0.1) is 6.61 Å². The van der Waals surface area contributed by atoms with Crippen LogP contribution in [0.5, 0.6) is 5.75 Å². The lowest BCUT2D eigenvalue weighted by molar-refractivity contribution is 0.316. The third-order valence-electron chi connectivity index (χ3n) is 3.40. The van der Waals surface area contributed by atoms with Crippen molar-refractivity contribution in [2.24, 2.45) is 0 Å². The van der Waals surface area contributed by atoms with E-state index in [0.29, 0.717) is 6.61 Å². The van der Waals surface area contributed by atoms with Gasteiger partial charge in [0.1, 0.15) is 6.26 Å². The minimum Gasteiger partial charge on any atom is -0.490 e. The summed E-state index contributed by atoms with van der Waals surface area (Å²) in [6, 6.07) is 20.6. The molecule has 118 valence electrons. The molecule has 0 saturated carbocycles. The molecular formula is C19H18O2S2. The average molecular weight is 342 g/mol. The van der Waals surface area contributed by atoms with Crippen LogP contribution in [0.4, 0.5) is 0 Å². The number of hydrogen-bond donors (Lipinski definition) is 0. The lowest BCUT2D eigenvalue weighted by Gasteiger charge is -2.05. The van der Waals surface area contributed by atoms with Crippen molar-refractivity contribution in [2.75, 3.05) is 6.61 Å². The summed E-state index contributed by atoms with van der Waals surface area (Å²) in [6.45, 7) is 2.69. The molecule has 0 spiro atoms. The van der Waals surface area contributed by atoms with E-state index in [9.17, 15) is 0 Å². The minimum atomic E-state index is 0.653. The van der Waals surface area contributed by atoms with Crippen molar-refractivity contribution >= 4 is 21.6 Å². The second-order valence-electron chi connectivity index (χ2n) is 5.08. The lowest BCUT2D eigenvalue weighted by Crippen LogP contribution is -2.01. The van der Waals surface area contributed by atoms with E-state index in [1.54, 1.807) is 27.9 Å². The summed E-state index contributed by atoms with van der Waals surface area (Å²) in [7, 11) is 3.31. The van der Waals surface area contributed by atoms with Gasteiger partial charge in [-0.2, -0.15) is 0 Å². The molecule has 23 heavy (non-hydrogen) atoms. The molecule has 2 nitrogen and oxygen atoms in total. The van der Waals surface area contributed by atoms with Crippen molar-refractivity contribution in [1.82, 2.24) is 0 Å². The van der Waals surface area contributed by atoms with Gasteiger partial charge in [0.25, 0.3) is 0 Å². The van der Waals surface area contributed by atoms with Crippen molar-refractivity contribution in [3.05, 3.63) is 78.1 Å². The van der Waals surface area contributed by atoms with E-state index in [-0.39, 0.29) is 0 Å². The van der Waals surface area contributed by atoms with Crippen LogP contribution in [0.25, 0.3) is 0 Å². The van der Waals surface area contributed by atoms with Crippen molar-refractivity contribution in [2.45, 2.75) is 23.3 Å². The fraction of sp³-hybridized carbons (Fsp3) is 0.158. The van der Waals surface area contributed by atoms with Gasteiger partial charge >= 0.3 is 0 Å². The standard InChI is InChI=1S/C19H18O2S2/c1-15-18(20-13-12-16-8-4-2-5-9-16)14-21-19(15)23-22-17-10-6-3-7-11-17/h2-11,14H,12-13H2,1H3. The third-order valence-corrected chi connectivity index (χ3v) is 5.78. The summed E-state index contributed by atoms with van der Waals surface area (Å²) in [5.41, 5.74) is 2.34. The van der Waals surface area contributed by atoms with Crippen molar-refractivity contribution < 1.29 is 9.15 Å². The molecular weight excluding hydrogens is 324 g/mol. The van der Waals surface area contributed by atoms with Crippen LogP contribution in [-0.4, -0.2) is 6.61 Å². The molecule has 1 heterocycles. The Hall–Kier alpha value is -1.78. The summed E-state index contributed by atoms with van der Waals surface area (Å²) < 4.78 is 11.5. The number of ether oxygens (including phenoxy) is 1. The number of furan rings is 1. The Kier molecular flexibility index (Phi) is 5.72. The second-order valence-corrected chi connectivity index (χ2v) is 7.25. The maximum absolute atomic E-state index is 5.86. The third kappa shape index (κ3) is 4.60. The number of rotatable bonds is 7. The molecule has 0 saturated heterocycles. The molecule has 0 aliphatic rings. The Bertz CT molecular complexity index is 724. The van der Waals surface area contributed by atoms with E-state index in [4.69, 9.17) is 9.15 Å². The summed E-state index contributed by atoms with van der Waals surface area (Å²) in [4.78, 5) is 1.21. The molecule has 0 aliphatic heterocycles. The topological polar surface area (TPSA) is 22.4 Å². The highest BCUT2D eigenvalue weighted by Crippen LogP contribution is 2.42. The first-order valence-corrected chi connectivity index (χ1v) is 9.62. The summed E-state index contributed by atoms with van der Waals surface area (Å²) in [6.07, 6.45) is 2.60. The monoisotopic (exact) mass is 342 g/mol. The van der Waals surface area contributed by atoms with E-state index in [2.05, 4.69) is 24.3 Å². The van der Waals surface area contributed by atoms with Crippen LogP contribution in [0, 0.1) is 6.92 Å². The van der Waals surface area contributed by atoms with Gasteiger partial charge in [-0.1, -0.05) is 48.5 Å². The second kappa shape index (κ2) is 8.18. The van der Waals surface area contributed by atoms with Gasteiger partial charge in [0.15, 0.2) is 10.8 Å². The molecule has 0 aliphatic carbocycles. The van der Waals surface area contributed by atoms with Crippen molar-refractivity contribution in [3.63, 3.8) is 0 Å². The average Bonchev–Trinajstić information content (AvgIpc) is 2.95. The smallest absolute Gasteiger partial charge is 0.177 e. The maximum Gasteiger partial charge on any atom is 0.177 e. The van der Waals surface area contributed by atoms with Crippen molar-refractivity contribution in [3.8, 4) is 5.75 Å². The fourth-order valence-corrected chi connectivity index (χ4v) is 4.19. The first-order valence-electron chi connectivity index (χ1n) is 7.47. The van der Waals surface area contributed by atoms with Crippen LogP contribution in [0.1, 0.15) is 11.1 Å². The Morgan fingerprint density at radius 2 is 1.61 bits per heavy atom. The molecule has 0 N–H and O–H groups in total. The van der Waals surface area contributed by atoms with E-state index < -0.39 is 0 Å². The molecule has 0 amide bonds. The van der Waals surface area contributed by atoms with Gasteiger partial charge in [0.2, 0.25) is 0 Å². The zero-order valence-corrected chi connectivity index (χ0v) is 14.5. The molecule has 0 unspecified atom stereocenters. The Labute approximate surface area is 144 Å². The zero-order chi connectivity index (χ0) is 15.9. The maximum atomic E-state index is 5.86. The van der Waals surface area contributed by atoms with Crippen LogP contribution < -0.4 is 4.74 Å². The highest BCUT2D eigenvalue weighted by atomic mass is 33.1. The van der Waals surface area contributed by atoms with Gasteiger partial charge in [-0.15, -0.1) is 0 Å². The first-order chi connectivity index (χ1) is 11.3. The normalized spacial score (nSPS) is 10.7. The Morgan fingerprint density at radius 3 is 2.35 bits per heavy atom. The molecule has 0 radical (unpaired) electrons. The molecule has 1 aromatic heterocycles.